The first-order valence-electron chi connectivity index (χ1n) is 9.20. The Morgan fingerprint density at radius 2 is 1.81 bits per heavy atom. The SMILES string of the molecule is CCC(NC(=O)CCCN(c1cccc(C)c1)S(C)(=O)=O)c1ccccc1. The third-order valence-corrected chi connectivity index (χ3v) is 5.59. The Balaban J connectivity index is 1.95. The summed E-state index contributed by atoms with van der Waals surface area (Å²) < 4.78 is 25.7. The molecular formula is C21H28N2O3S. The minimum absolute atomic E-state index is 0.0264. The molecule has 0 aliphatic carbocycles. The van der Waals surface area contributed by atoms with E-state index in [2.05, 4.69) is 5.32 Å². The molecule has 0 radical (unpaired) electrons. The van der Waals surface area contributed by atoms with E-state index in [0.717, 1.165) is 17.5 Å². The van der Waals surface area contributed by atoms with Crippen molar-refractivity contribution >= 4 is 21.6 Å². The lowest BCUT2D eigenvalue weighted by atomic mass is 10.0. The maximum absolute atomic E-state index is 12.3. The van der Waals surface area contributed by atoms with Gasteiger partial charge >= 0.3 is 0 Å². The van der Waals surface area contributed by atoms with Crippen molar-refractivity contribution in [3.63, 3.8) is 0 Å². The Labute approximate surface area is 162 Å². The molecule has 1 N–H and O–H groups in total. The lowest BCUT2D eigenvalue weighted by Gasteiger charge is -2.23. The van der Waals surface area contributed by atoms with E-state index in [4.69, 9.17) is 0 Å². The second-order valence-electron chi connectivity index (χ2n) is 6.72. The molecule has 1 amide bonds. The van der Waals surface area contributed by atoms with Gasteiger partial charge in [0.1, 0.15) is 0 Å². The molecule has 0 spiro atoms. The first-order chi connectivity index (χ1) is 12.8. The van der Waals surface area contributed by atoms with E-state index in [-0.39, 0.29) is 24.9 Å². The number of carbonyl (C=O) groups is 1. The van der Waals surface area contributed by atoms with Crippen LogP contribution in [0.1, 0.15) is 43.4 Å². The molecule has 2 aromatic rings. The smallest absolute Gasteiger partial charge is 0.232 e. The summed E-state index contributed by atoms with van der Waals surface area (Å²) in [6, 6.07) is 17.2. The Hall–Kier alpha value is -2.34. The van der Waals surface area contributed by atoms with Gasteiger partial charge in [0.15, 0.2) is 0 Å². The summed E-state index contributed by atoms with van der Waals surface area (Å²) in [5.74, 6) is -0.0663. The first-order valence-corrected chi connectivity index (χ1v) is 11.0. The first kappa shape index (κ1) is 21.0. The number of benzene rings is 2. The average Bonchev–Trinajstić information content (AvgIpc) is 2.63. The van der Waals surface area contributed by atoms with Gasteiger partial charge in [-0.3, -0.25) is 9.10 Å². The van der Waals surface area contributed by atoms with Gasteiger partial charge in [-0.1, -0.05) is 49.4 Å². The van der Waals surface area contributed by atoms with Crippen molar-refractivity contribution in [1.82, 2.24) is 5.32 Å². The Kier molecular flexibility index (Phi) is 7.42. The van der Waals surface area contributed by atoms with Crippen molar-refractivity contribution in [2.45, 2.75) is 39.2 Å². The van der Waals surface area contributed by atoms with Crippen LogP contribution in [0.15, 0.2) is 54.6 Å². The van der Waals surface area contributed by atoms with Gasteiger partial charge in [-0.15, -0.1) is 0 Å². The van der Waals surface area contributed by atoms with Gasteiger partial charge in [0.05, 0.1) is 18.0 Å². The van der Waals surface area contributed by atoms with Gasteiger partial charge < -0.3 is 5.32 Å². The highest BCUT2D eigenvalue weighted by atomic mass is 32.2. The van der Waals surface area contributed by atoms with Gasteiger partial charge in [0, 0.05) is 13.0 Å². The highest BCUT2D eigenvalue weighted by Gasteiger charge is 2.18. The van der Waals surface area contributed by atoms with Crippen molar-refractivity contribution < 1.29 is 13.2 Å². The largest absolute Gasteiger partial charge is 0.349 e. The normalized spacial score (nSPS) is 12.4. The van der Waals surface area contributed by atoms with E-state index in [1.165, 1.54) is 10.6 Å². The van der Waals surface area contributed by atoms with Crippen LogP contribution >= 0.6 is 0 Å². The number of hydrogen-bond donors (Lipinski definition) is 1. The molecule has 0 bridgehead atoms. The maximum Gasteiger partial charge on any atom is 0.232 e. The van der Waals surface area contributed by atoms with Crippen LogP contribution in [0.4, 0.5) is 5.69 Å². The van der Waals surface area contributed by atoms with Crippen LogP contribution in [0.5, 0.6) is 0 Å². The fourth-order valence-electron chi connectivity index (χ4n) is 3.03. The van der Waals surface area contributed by atoms with E-state index < -0.39 is 10.0 Å². The molecule has 0 heterocycles. The summed E-state index contributed by atoms with van der Waals surface area (Å²) in [5.41, 5.74) is 2.70. The maximum atomic E-state index is 12.3. The van der Waals surface area contributed by atoms with Crippen LogP contribution < -0.4 is 9.62 Å². The number of carbonyl (C=O) groups excluding carboxylic acids is 1. The van der Waals surface area contributed by atoms with Crippen molar-refractivity contribution in [3.05, 3.63) is 65.7 Å². The van der Waals surface area contributed by atoms with E-state index >= 15 is 0 Å². The van der Waals surface area contributed by atoms with Gasteiger partial charge in [-0.2, -0.15) is 0 Å². The summed E-state index contributed by atoms with van der Waals surface area (Å²) in [7, 11) is -3.40. The van der Waals surface area contributed by atoms with E-state index in [1.54, 1.807) is 6.07 Å². The molecule has 2 rings (SSSR count). The molecule has 0 aliphatic rings. The third kappa shape index (κ3) is 6.40. The van der Waals surface area contributed by atoms with E-state index in [9.17, 15) is 13.2 Å². The Morgan fingerprint density at radius 3 is 2.41 bits per heavy atom. The molecule has 1 atom stereocenters. The molecular weight excluding hydrogens is 360 g/mol. The van der Waals surface area contributed by atoms with Crippen LogP contribution in [0.2, 0.25) is 0 Å². The van der Waals surface area contributed by atoms with Gasteiger partial charge in [0.2, 0.25) is 15.9 Å². The number of sulfonamides is 1. The fourth-order valence-corrected chi connectivity index (χ4v) is 3.98. The molecule has 6 heteroatoms. The molecule has 0 aromatic heterocycles. The summed E-state index contributed by atoms with van der Waals surface area (Å²) in [5, 5.41) is 3.04. The monoisotopic (exact) mass is 388 g/mol. The second-order valence-corrected chi connectivity index (χ2v) is 8.62. The minimum atomic E-state index is -3.40. The predicted molar refractivity (Wildman–Crippen MR) is 110 cm³/mol. The van der Waals surface area contributed by atoms with Crippen molar-refractivity contribution in [3.8, 4) is 0 Å². The number of rotatable bonds is 9. The van der Waals surface area contributed by atoms with Crippen LogP contribution in [0.25, 0.3) is 0 Å². The zero-order valence-electron chi connectivity index (χ0n) is 16.2. The number of hydrogen-bond acceptors (Lipinski definition) is 3. The van der Waals surface area contributed by atoms with Crippen molar-refractivity contribution in [1.29, 1.82) is 0 Å². The van der Waals surface area contributed by atoms with Crippen molar-refractivity contribution in [2.24, 2.45) is 0 Å². The third-order valence-electron chi connectivity index (χ3n) is 4.40. The molecule has 0 aliphatic heterocycles. The molecule has 5 nitrogen and oxygen atoms in total. The number of nitrogens with one attached hydrogen (secondary N) is 1. The number of anilines is 1. The van der Waals surface area contributed by atoms with Crippen molar-refractivity contribution in [2.75, 3.05) is 17.1 Å². The van der Waals surface area contributed by atoms with E-state index in [0.29, 0.717) is 12.1 Å². The summed E-state index contributed by atoms with van der Waals surface area (Å²) in [6.45, 7) is 4.23. The quantitative estimate of drug-likeness (QED) is 0.710. The summed E-state index contributed by atoms with van der Waals surface area (Å²) >= 11 is 0. The molecule has 146 valence electrons. The molecule has 0 saturated carbocycles. The van der Waals surface area contributed by atoms with Crippen LogP contribution in [0.3, 0.4) is 0 Å². The second kappa shape index (κ2) is 9.55. The molecule has 0 saturated heterocycles. The lowest BCUT2D eigenvalue weighted by Crippen LogP contribution is -2.33. The summed E-state index contributed by atoms with van der Waals surface area (Å²) in [4.78, 5) is 12.3. The minimum Gasteiger partial charge on any atom is -0.349 e. The molecule has 1 unspecified atom stereocenters. The highest BCUT2D eigenvalue weighted by molar-refractivity contribution is 7.92. The number of nitrogens with zero attached hydrogens (tertiary/aromatic N) is 1. The zero-order valence-corrected chi connectivity index (χ0v) is 17.0. The molecule has 2 aromatic carbocycles. The number of amides is 1. The Bertz CT molecular complexity index is 851. The van der Waals surface area contributed by atoms with Crippen LogP contribution in [-0.2, 0) is 14.8 Å². The topological polar surface area (TPSA) is 66.5 Å². The molecule has 27 heavy (non-hydrogen) atoms. The lowest BCUT2D eigenvalue weighted by molar-refractivity contribution is -0.121. The summed E-state index contributed by atoms with van der Waals surface area (Å²) in [6.07, 6.45) is 2.73. The average molecular weight is 389 g/mol. The molecule has 0 fully saturated rings. The van der Waals surface area contributed by atoms with Crippen LogP contribution in [0, 0.1) is 6.92 Å². The predicted octanol–water partition coefficient (Wildman–Crippen LogP) is 3.81. The van der Waals surface area contributed by atoms with Crippen LogP contribution in [-0.4, -0.2) is 27.1 Å². The van der Waals surface area contributed by atoms with Gasteiger partial charge in [-0.25, -0.2) is 8.42 Å². The zero-order chi connectivity index (χ0) is 19.9. The van der Waals surface area contributed by atoms with Gasteiger partial charge in [0.25, 0.3) is 0 Å². The standard InChI is InChI=1S/C21H28N2O3S/c1-4-20(18-11-6-5-7-12-18)22-21(24)14-9-15-23(27(3,25)26)19-13-8-10-17(2)16-19/h5-8,10-13,16,20H,4,9,14-15H2,1-3H3,(H,22,24). The van der Waals surface area contributed by atoms with Gasteiger partial charge in [-0.05, 0) is 43.0 Å². The highest BCUT2D eigenvalue weighted by Crippen LogP contribution is 2.20. The Morgan fingerprint density at radius 1 is 1.11 bits per heavy atom. The fraction of sp³-hybridized carbons (Fsp3) is 0.381. The number of aryl methyl sites for hydroxylation is 1. The van der Waals surface area contributed by atoms with E-state index in [1.807, 2.05) is 62.4 Å².